The fourth-order valence-corrected chi connectivity index (χ4v) is 4.90. The maximum atomic E-state index is 14.1. The number of carbonyl (C=O) groups excluding carboxylic acids is 1. The summed E-state index contributed by atoms with van der Waals surface area (Å²) in [6.45, 7) is -0.560. The molecule has 4 rings (SSSR count). The third-order valence-electron chi connectivity index (χ3n) is 6.93. The number of nitrogens with one attached hydrogen (secondary N) is 1. The molecule has 1 heterocycles. The number of azide groups is 2. The van der Waals surface area contributed by atoms with Gasteiger partial charge in [-0.2, -0.15) is 0 Å². The molecule has 1 aliphatic rings. The highest BCUT2D eigenvalue weighted by Crippen LogP contribution is 2.44. The van der Waals surface area contributed by atoms with Crippen molar-refractivity contribution in [2.45, 2.75) is 37.6 Å². The molecule has 0 spiro atoms. The van der Waals surface area contributed by atoms with Crippen molar-refractivity contribution >= 4 is 11.8 Å². The molecule has 0 fully saturated rings. The smallest absolute Gasteiger partial charge is 0.252 e. The van der Waals surface area contributed by atoms with E-state index in [0.717, 1.165) is 0 Å². The third kappa shape index (κ3) is 7.41. The van der Waals surface area contributed by atoms with Crippen LogP contribution in [0.15, 0.2) is 88.0 Å². The zero-order chi connectivity index (χ0) is 30.5. The van der Waals surface area contributed by atoms with Crippen LogP contribution in [0, 0.1) is 0 Å². The standard InChI is InChI=1S/C30H31FN8O4/c31-14-15-34-29(41)30(18-22-6-1-2-7-23(22)19-35-38-32)27(26-9-4-3-8-24(26)20-36-39-33)43-28(37-30)21-10-12-25(13-11-21)42-17-5-16-40/h1-4,6-13,27,40H,5,14-20H2,(H,34,41)/t27-,30-/m1/s1. The first kappa shape index (κ1) is 30.9. The molecular weight excluding hydrogens is 555 g/mol. The average molecular weight is 587 g/mol. The van der Waals surface area contributed by atoms with Crippen LogP contribution in [0.25, 0.3) is 20.9 Å². The van der Waals surface area contributed by atoms with Gasteiger partial charge in [-0.3, -0.25) is 4.79 Å². The van der Waals surface area contributed by atoms with Crippen LogP contribution in [0.4, 0.5) is 4.39 Å². The molecule has 2 atom stereocenters. The Labute approximate surface area is 247 Å². The van der Waals surface area contributed by atoms with E-state index in [2.05, 4.69) is 25.4 Å². The lowest BCUT2D eigenvalue weighted by Crippen LogP contribution is -2.50. The predicted molar refractivity (Wildman–Crippen MR) is 158 cm³/mol. The summed E-state index contributed by atoms with van der Waals surface area (Å²) in [7, 11) is 0. The Bertz CT molecular complexity index is 1540. The zero-order valence-corrected chi connectivity index (χ0v) is 23.3. The summed E-state index contributed by atoms with van der Waals surface area (Å²) in [5.74, 6) is 0.227. The molecule has 222 valence electrons. The summed E-state index contributed by atoms with van der Waals surface area (Å²) in [6, 6.07) is 21.4. The molecule has 1 amide bonds. The zero-order valence-electron chi connectivity index (χ0n) is 23.3. The molecule has 0 aromatic heterocycles. The fraction of sp³-hybridized carbons (Fsp3) is 0.333. The fourth-order valence-electron chi connectivity index (χ4n) is 4.90. The number of halogens is 1. The van der Waals surface area contributed by atoms with Gasteiger partial charge in [0.15, 0.2) is 11.6 Å². The monoisotopic (exact) mass is 586 g/mol. The van der Waals surface area contributed by atoms with E-state index in [9.17, 15) is 9.18 Å². The number of carbonyl (C=O) groups is 1. The second-order valence-corrected chi connectivity index (χ2v) is 9.66. The normalized spacial score (nSPS) is 17.2. The number of rotatable bonds is 15. The molecule has 13 heteroatoms. The summed E-state index contributed by atoms with van der Waals surface area (Å²) in [5, 5.41) is 19.1. The molecular formula is C30H31FN8O4. The summed E-state index contributed by atoms with van der Waals surface area (Å²) in [6.07, 6.45) is -0.457. The highest BCUT2D eigenvalue weighted by atomic mass is 19.1. The maximum absolute atomic E-state index is 14.1. The molecule has 0 saturated heterocycles. The van der Waals surface area contributed by atoms with Crippen LogP contribution in [-0.2, 0) is 29.0 Å². The largest absolute Gasteiger partial charge is 0.494 e. The van der Waals surface area contributed by atoms with Gasteiger partial charge in [-0.25, -0.2) is 9.38 Å². The van der Waals surface area contributed by atoms with Crippen LogP contribution in [0.2, 0.25) is 0 Å². The van der Waals surface area contributed by atoms with Gasteiger partial charge in [-0.1, -0.05) is 58.8 Å². The van der Waals surface area contributed by atoms with E-state index in [1.54, 1.807) is 60.7 Å². The highest BCUT2D eigenvalue weighted by molar-refractivity contribution is 6.01. The van der Waals surface area contributed by atoms with Crippen molar-refractivity contribution in [2.24, 2.45) is 15.2 Å². The van der Waals surface area contributed by atoms with Gasteiger partial charge in [0.1, 0.15) is 12.4 Å². The van der Waals surface area contributed by atoms with Gasteiger partial charge in [0, 0.05) is 41.4 Å². The Morgan fingerprint density at radius 1 is 1.00 bits per heavy atom. The topological polar surface area (TPSA) is 178 Å². The van der Waals surface area contributed by atoms with Crippen molar-refractivity contribution in [1.29, 1.82) is 0 Å². The molecule has 1 aliphatic heterocycles. The third-order valence-corrected chi connectivity index (χ3v) is 6.93. The molecule has 0 bridgehead atoms. The van der Waals surface area contributed by atoms with Crippen LogP contribution in [0.3, 0.4) is 0 Å². The number of nitrogens with zero attached hydrogens (tertiary/aromatic N) is 7. The SMILES string of the molecule is [N-]=[N+]=NCc1ccccc1C[C@@]1(C(=O)NCCF)N=C(c2ccc(OCCCO)cc2)O[C@@H]1c1ccccc1CN=[N+]=[N-]. The van der Waals surface area contributed by atoms with Gasteiger partial charge in [-0.05, 0) is 57.6 Å². The van der Waals surface area contributed by atoms with Crippen molar-refractivity contribution in [2.75, 3.05) is 26.4 Å². The summed E-state index contributed by atoms with van der Waals surface area (Å²) in [4.78, 5) is 24.8. The Balaban J connectivity index is 1.86. The molecule has 3 aromatic carbocycles. The molecule has 0 unspecified atom stereocenters. The van der Waals surface area contributed by atoms with E-state index in [4.69, 9.17) is 30.6 Å². The molecule has 3 aromatic rings. The first-order chi connectivity index (χ1) is 21.1. The van der Waals surface area contributed by atoms with Gasteiger partial charge < -0.3 is 19.9 Å². The van der Waals surface area contributed by atoms with E-state index in [1.165, 1.54) is 0 Å². The number of hydrogen-bond donors (Lipinski definition) is 2. The number of benzene rings is 3. The van der Waals surface area contributed by atoms with Gasteiger partial charge in [-0.15, -0.1) is 0 Å². The second-order valence-electron chi connectivity index (χ2n) is 9.66. The van der Waals surface area contributed by atoms with Crippen LogP contribution in [0.5, 0.6) is 5.75 Å². The first-order valence-corrected chi connectivity index (χ1v) is 13.7. The van der Waals surface area contributed by atoms with Crippen molar-refractivity contribution in [3.8, 4) is 5.75 Å². The molecule has 2 N–H and O–H groups in total. The van der Waals surface area contributed by atoms with Crippen molar-refractivity contribution in [3.05, 3.63) is 121 Å². The lowest BCUT2D eigenvalue weighted by atomic mass is 9.79. The van der Waals surface area contributed by atoms with Crippen LogP contribution >= 0.6 is 0 Å². The predicted octanol–water partition coefficient (Wildman–Crippen LogP) is 5.65. The Hall–Kier alpha value is -5.09. The van der Waals surface area contributed by atoms with Crippen molar-refractivity contribution in [1.82, 2.24) is 5.32 Å². The minimum absolute atomic E-state index is 0.0113. The van der Waals surface area contributed by atoms with Crippen LogP contribution in [0.1, 0.15) is 40.3 Å². The van der Waals surface area contributed by atoms with Crippen molar-refractivity contribution in [3.63, 3.8) is 0 Å². The quantitative estimate of drug-likeness (QED) is 0.101. The molecule has 0 saturated carbocycles. The molecule has 43 heavy (non-hydrogen) atoms. The van der Waals surface area contributed by atoms with E-state index < -0.39 is 24.2 Å². The number of hydrogen-bond acceptors (Lipinski definition) is 7. The Morgan fingerprint density at radius 3 is 2.33 bits per heavy atom. The molecule has 0 aliphatic carbocycles. The Kier molecular flexibility index (Phi) is 10.9. The van der Waals surface area contributed by atoms with Gasteiger partial charge >= 0.3 is 0 Å². The van der Waals surface area contributed by atoms with Gasteiger partial charge in [0.2, 0.25) is 5.90 Å². The minimum Gasteiger partial charge on any atom is -0.494 e. The highest BCUT2D eigenvalue weighted by Gasteiger charge is 2.53. The van der Waals surface area contributed by atoms with E-state index >= 15 is 0 Å². The second kappa shape index (κ2) is 15.2. The number of amides is 1. The number of alkyl halides is 1. The van der Waals surface area contributed by atoms with E-state index in [0.29, 0.717) is 46.6 Å². The lowest BCUT2D eigenvalue weighted by Gasteiger charge is -2.32. The van der Waals surface area contributed by atoms with Crippen LogP contribution < -0.4 is 10.1 Å². The first-order valence-electron chi connectivity index (χ1n) is 13.7. The maximum Gasteiger partial charge on any atom is 0.252 e. The molecule has 12 nitrogen and oxygen atoms in total. The van der Waals surface area contributed by atoms with Gasteiger partial charge in [0.05, 0.1) is 19.7 Å². The minimum atomic E-state index is -1.61. The summed E-state index contributed by atoms with van der Waals surface area (Å²) < 4.78 is 25.5. The van der Waals surface area contributed by atoms with Crippen LogP contribution in [-0.4, -0.2) is 48.9 Å². The molecule has 0 radical (unpaired) electrons. The number of aliphatic hydroxyl groups is 1. The average Bonchev–Trinajstić information content (AvgIpc) is 3.43. The summed E-state index contributed by atoms with van der Waals surface area (Å²) in [5.41, 5.74) is 19.5. The summed E-state index contributed by atoms with van der Waals surface area (Å²) >= 11 is 0. The van der Waals surface area contributed by atoms with E-state index in [1.807, 2.05) is 12.1 Å². The van der Waals surface area contributed by atoms with Crippen molar-refractivity contribution < 1.29 is 23.8 Å². The van der Waals surface area contributed by atoms with E-state index in [-0.39, 0.29) is 38.6 Å². The number of aliphatic imine (C=N–C) groups is 1. The number of aliphatic hydroxyl groups excluding tert-OH is 1. The van der Waals surface area contributed by atoms with Gasteiger partial charge in [0.25, 0.3) is 5.91 Å². The lowest BCUT2D eigenvalue weighted by molar-refractivity contribution is -0.129. The Morgan fingerprint density at radius 2 is 1.65 bits per heavy atom. The number of ether oxygens (including phenoxy) is 2.